The van der Waals surface area contributed by atoms with Crippen LogP contribution in [0.25, 0.3) is 11.2 Å². The molecule has 0 aromatic carbocycles. The number of aliphatic hydroxyl groups is 3. The third-order valence-corrected chi connectivity index (χ3v) is 33.4. The average Bonchev–Trinajstić information content (AvgIpc) is 1.55. The predicted molar refractivity (Wildman–Crippen MR) is 462 cm³/mol. The molecule has 7 aromatic rings. The van der Waals surface area contributed by atoms with Crippen molar-refractivity contribution < 1.29 is 141 Å². The van der Waals surface area contributed by atoms with Gasteiger partial charge >= 0.3 is 28.4 Å². The van der Waals surface area contributed by atoms with Gasteiger partial charge in [0.1, 0.15) is 136 Å². The van der Waals surface area contributed by atoms with E-state index in [4.69, 9.17) is 174 Å². The van der Waals surface area contributed by atoms with Crippen molar-refractivity contribution in [3.8, 4) is 0 Å². The second kappa shape index (κ2) is 37.8. The summed E-state index contributed by atoms with van der Waals surface area (Å²) in [4.78, 5) is 237. The molecule has 0 aliphatic carbocycles. The molecule has 0 radical (unpaired) electrons. The molecule has 9 aliphatic rings. The van der Waals surface area contributed by atoms with Crippen molar-refractivity contribution in [2.24, 2.45) is 0 Å². The first-order chi connectivity index (χ1) is 63.1. The Hall–Kier alpha value is -5.78. The Morgan fingerprint density at radius 3 is 1.23 bits per heavy atom. The number of nitrogens with one attached hydrogen (secondary N) is 6. The smallest absolute Gasteiger partial charge is 0.330 e. The fourth-order valence-electron chi connectivity index (χ4n) is 17.1. The molecular formula is C67H81N15O41P6S6-6. The van der Waals surface area contributed by atoms with Gasteiger partial charge in [0.25, 0.3) is 33.4 Å². The predicted octanol–water partition coefficient (Wildman–Crippen LogP) is -7.42. The average molecular weight is 2130 g/mol. The summed E-state index contributed by atoms with van der Waals surface area (Å²) >= 11 is 32.4. The molecular weight excluding hydrogens is 2050 g/mol. The molecule has 9 aliphatic heterocycles. The maximum atomic E-state index is 15.4. The molecule has 16 rings (SSSR count). The van der Waals surface area contributed by atoms with Crippen molar-refractivity contribution in [2.45, 2.75) is 220 Å². The highest BCUT2D eigenvalue weighted by atomic mass is 32.7. The van der Waals surface area contributed by atoms with Gasteiger partial charge in [-0.15, -0.1) is 0 Å². The minimum Gasteiger partial charge on any atom is -0.780 e. The van der Waals surface area contributed by atoms with Gasteiger partial charge in [-0.25, -0.2) is 29.0 Å². The highest BCUT2D eigenvalue weighted by Crippen LogP contribution is 2.63. The number of H-pyrrole nitrogens is 6. The third-order valence-electron chi connectivity index (χ3n) is 24.1. The Bertz CT molecular complexity index is 6900. The lowest BCUT2D eigenvalue weighted by Crippen LogP contribution is -2.52. The number of hydrogen-bond donors (Lipinski definition) is 10. The topological polar surface area (TPSA) is 751 Å². The molecule has 6 bridgehead atoms. The number of aliphatic hydroxyl groups excluding tert-OH is 3. The molecule has 9 saturated heterocycles. The number of nitrogens with two attached hydrogens (primary N) is 1. The van der Waals surface area contributed by atoms with Gasteiger partial charge < -0.3 is 155 Å². The molecule has 56 nitrogen and oxygen atoms in total. The lowest BCUT2D eigenvalue weighted by Gasteiger charge is -2.42. The van der Waals surface area contributed by atoms with Gasteiger partial charge in [0.05, 0.1) is 70.4 Å². The van der Waals surface area contributed by atoms with Crippen molar-refractivity contribution in [1.82, 2.24) is 67.3 Å². The Morgan fingerprint density at radius 2 is 0.815 bits per heavy atom. The molecule has 0 spiro atoms. The second-order valence-corrected chi connectivity index (χ2v) is 48.9. The number of aromatic amines is 6. The van der Waals surface area contributed by atoms with Crippen LogP contribution in [0.15, 0.2) is 90.1 Å². The van der Waals surface area contributed by atoms with E-state index in [2.05, 4.69) is 29.9 Å². The zero-order chi connectivity index (χ0) is 97.9. The van der Waals surface area contributed by atoms with Crippen LogP contribution in [-0.4, -0.2) is 250 Å². The number of imidazole rings is 1. The van der Waals surface area contributed by atoms with E-state index in [-0.39, 0.29) is 39.0 Å². The Morgan fingerprint density at radius 1 is 0.467 bits per heavy atom. The molecule has 135 heavy (non-hydrogen) atoms. The summed E-state index contributed by atoms with van der Waals surface area (Å²) < 4.78 is 147. The second-order valence-electron chi connectivity index (χ2n) is 32.6. The molecule has 11 unspecified atom stereocenters. The molecule has 0 saturated carbocycles. The van der Waals surface area contributed by atoms with Crippen LogP contribution < -0.4 is 92.0 Å². The van der Waals surface area contributed by atoms with Crippen molar-refractivity contribution >= 4 is 129 Å². The molecule has 7 aromatic heterocycles. The quantitative estimate of drug-likeness (QED) is 0.0130. The maximum absolute atomic E-state index is 15.4. The number of rotatable bonds is 35. The minimum absolute atomic E-state index is 0.0361. The van der Waals surface area contributed by atoms with Crippen LogP contribution in [0, 0.1) is 34.6 Å². The van der Waals surface area contributed by atoms with Crippen LogP contribution in [0.4, 0.5) is 5.95 Å². The van der Waals surface area contributed by atoms with Gasteiger partial charge in [-0.05, 0) is 55.4 Å². The van der Waals surface area contributed by atoms with Crippen LogP contribution in [0.3, 0.4) is 0 Å². The number of nitrogens with zero attached hydrogens (tertiary/aromatic N) is 8. The van der Waals surface area contributed by atoms with Crippen molar-refractivity contribution in [2.75, 3.05) is 52.5 Å². The van der Waals surface area contributed by atoms with Gasteiger partial charge in [0, 0.05) is 72.3 Å². The zero-order valence-corrected chi connectivity index (χ0v) is 81.1. The molecule has 32 atom stereocenters. The lowest BCUT2D eigenvalue weighted by molar-refractivity contribution is -0.240. The fraction of sp³-hybridized carbons (Fsp3) is 0.627. The number of anilines is 1. The molecule has 16 heterocycles. The van der Waals surface area contributed by atoms with E-state index in [1.54, 1.807) is 0 Å². The van der Waals surface area contributed by atoms with Crippen LogP contribution in [0.5, 0.6) is 0 Å². The number of hydrogen-bond acceptors (Lipinski definition) is 50. The van der Waals surface area contributed by atoms with Crippen LogP contribution in [0.1, 0.15) is 92.4 Å². The molecule has 9 fully saturated rings. The van der Waals surface area contributed by atoms with Gasteiger partial charge in [0.2, 0.25) is 5.95 Å². The molecule has 68 heteroatoms. The SMILES string of the molecule is COP([O-])(=S)O[C@@H]1C(O)[C@H](n2cc(C)c(=O)[nH]c2=O)O[C@@H]1COP([O-])(=S)O[C@@H]1C(O)[C@H](n2cc(C)c(=O)[nH]c2=O)O[C@@H]1COP([O-])(=S)O[C@@H]1C[C@H](n2cnc3c(=O)[nH]c(N)nc32)O[C@@H]1COP([O-])(=S)O[C@@H]1C2O[C@@H](C)[C@]1(COP(=O)([S-])O[C@@H]1C3O[C@@H](C)[C@]1(COP([O-])(=S)O[C@@H]1C4O[C@@H](C)[C@]1(CO)O[C@H]4n1cc(C)c(=O)[nH]c1=O)O[C@H]3n1cc(C)c(=O)[nH]c1=O)O[C@H]2n1cc(C)c(=O)[nH]c1=O. The highest BCUT2D eigenvalue weighted by Gasteiger charge is 2.72. The Balaban J connectivity index is 0.655. The van der Waals surface area contributed by atoms with E-state index >= 15 is 9.46 Å². The lowest BCUT2D eigenvalue weighted by atomic mass is 9.94. The summed E-state index contributed by atoms with van der Waals surface area (Å²) in [6, 6.07) is 0. The molecule has 742 valence electrons. The third kappa shape index (κ3) is 19.7. The van der Waals surface area contributed by atoms with Crippen LogP contribution in [0.2, 0.25) is 0 Å². The van der Waals surface area contributed by atoms with E-state index < -0.39 is 312 Å². The van der Waals surface area contributed by atoms with Crippen molar-refractivity contribution in [3.05, 3.63) is 180 Å². The highest BCUT2D eigenvalue weighted by molar-refractivity contribution is 8.32. The van der Waals surface area contributed by atoms with Crippen LogP contribution >= 0.6 is 40.4 Å². The first-order valence-electron chi connectivity index (χ1n) is 40.1. The zero-order valence-electron chi connectivity index (χ0n) is 70.8. The summed E-state index contributed by atoms with van der Waals surface area (Å²) in [6.07, 6.45) is -33.1. The van der Waals surface area contributed by atoms with Gasteiger partial charge in [-0.2, -0.15) is 4.98 Å². The normalized spacial score (nSPS) is 35.1. The summed E-state index contributed by atoms with van der Waals surface area (Å²) in [5, 5.41) is 34.5. The summed E-state index contributed by atoms with van der Waals surface area (Å²) in [5.74, 6) is -0.408. The molecule has 11 N–H and O–H groups in total. The number of aryl methyl sites for hydroxylation is 5. The summed E-state index contributed by atoms with van der Waals surface area (Å²) in [6.45, 7) is -25.9. The minimum atomic E-state index is -5.31. The standard InChI is InChI=1S/C67H87N15O41P6S6/c1-23-11-77(60(92)72-48(23)86)54-37(84)39(119-124(97,130)103-9)33(113-54)18-106-126(99,132)120-40-34(114-55(38(40)85)78-12-24(2)49(87)73-61(78)93)17-105-125(98,131)118-31-10-35(82-22-69-36-47(82)70-59(68)71-53(36)91)112-32(31)16-104-127(100,133)122-45-42-57(80-14-26(4)51(89)75-63(80)95)116-66(45,29(7)110-42)20-108-129(102,135)123-46-43-58(81-15-27(5)52(90)76-64(81)96)117-67(46,30(8)111-43)21-107-128(101,134)121-44-41-56(115-65(44,19-83)28(6)109-41)79-13-25(3)50(88)74-62(79)94/h11-15,22,28-35,37-46,54-58,83-85H,10,16-21H2,1-9H3,(H,97,130)(H,98,131)(H,99,132)(H,100,133)(H,101,134)(H,102,135)(H,72,86,92)(H,73,87,93)(H,74,88,94)(H,75,89,95)(H,76,90,96)(H3,68,70,71,91)/p-6/t28-,29-,30-,31+,32+,33+,34+,35+,37?,38?,39-,40-,41?,42?,43?,44+,45+,46+,54+,55+,56+,57+,58+,65-,66-,67-,124?,125?,126?,127?,128?,129?/m0/s1. The monoisotopic (exact) mass is 2130 g/mol. The Labute approximate surface area is 784 Å². The van der Waals surface area contributed by atoms with Crippen molar-refractivity contribution in [1.29, 1.82) is 0 Å². The summed E-state index contributed by atoms with van der Waals surface area (Å²) in [7, 11) is 0.905. The van der Waals surface area contributed by atoms with Gasteiger partial charge in [0.15, 0.2) is 49.1 Å². The first kappa shape index (κ1) is 102. The number of fused-ring (bicyclic) bond motifs is 7. The largest absolute Gasteiger partial charge is 0.780 e. The number of ether oxygens (including phenoxy) is 9. The van der Waals surface area contributed by atoms with E-state index in [9.17, 15) is 87.6 Å². The summed E-state index contributed by atoms with van der Waals surface area (Å²) in [5.41, 5.74) is -11.5. The van der Waals surface area contributed by atoms with E-state index in [1.807, 2.05) is 9.97 Å². The first-order valence-corrected chi connectivity index (χ1v) is 55.5. The van der Waals surface area contributed by atoms with Gasteiger partial charge in [-0.3, -0.25) is 90.6 Å². The van der Waals surface area contributed by atoms with Crippen molar-refractivity contribution in [3.63, 3.8) is 0 Å². The van der Waals surface area contributed by atoms with E-state index in [0.29, 0.717) is 4.57 Å². The maximum Gasteiger partial charge on any atom is 0.330 e. The Kier molecular flexibility index (Phi) is 28.6. The number of aromatic nitrogens is 14. The van der Waals surface area contributed by atoms with Crippen LogP contribution in [-0.2, 0) is 173 Å². The van der Waals surface area contributed by atoms with E-state index in [1.165, 1.54) is 66.2 Å². The van der Waals surface area contributed by atoms with E-state index in [0.717, 1.165) is 56.5 Å². The fourth-order valence-corrected chi connectivity index (χ4v) is 25.3. The molecule has 0 amide bonds. The van der Waals surface area contributed by atoms with Gasteiger partial charge in [-0.1, -0.05) is 59.0 Å². The number of nitrogen functional groups attached to an aromatic ring is 1.